The van der Waals surface area contributed by atoms with Crippen molar-refractivity contribution in [1.29, 1.82) is 0 Å². The van der Waals surface area contributed by atoms with Gasteiger partial charge in [0.15, 0.2) is 0 Å². The fraction of sp³-hybridized carbons (Fsp3) is 0.833. The van der Waals surface area contributed by atoms with Crippen LogP contribution in [0.2, 0.25) is 0 Å². The number of piperazine rings is 1. The lowest BCUT2D eigenvalue weighted by atomic mass is 10.0. The molecule has 0 aromatic carbocycles. The van der Waals surface area contributed by atoms with Crippen molar-refractivity contribution in [3.05, 3.63) is 0 Å². The van der Waals surface area contributed by atoms with Crippen LogP contribution in [0.1, 0.15) is 19.8 Å². The van der Waals surface area contributed by atoms with Crippen molar-refractivity contribution < 1.29 is 14.7 Å². The van der Waals surface area contributed by atoms with E-state index in [4.69, 9.17) is 5.11 Å². The number of nitrogens with zero attached hydrogens (tertiary/aromatic N) is 2. The number of carbonyl (C=O) groups is 2. The van der Waals surface area contributed by atoms with Crippen LogP contribution in [0.5, 0.6) is 0 Å². The lowest BCUT2D eigenvalue weighted by molar-refractivity contribution is -0.140. The van der Waals surface area contributed by atoms with Gasteiger partial charge in [-0.25, -0.2) is 0 Å². The highest BCUT2D eigenvalue weighted by molar-refractivity contribution is 5.79. The number of amides is 1. The molecule has 2 fully saturated rings. The summed E-state index contributed by atoms with van der Waals surface area (Å²) in [6, 6.07) is 0. The summed E-state index contributed by atoms with van der Waals surface area (Å²) in [4.78, 5) is 26.4. The molecule has 1 aliphatic heterocycles. The van der Waals surface area contributed by atoms with Gasteiger partial charge in [0, 0.05) is 32.1 Å². The van der Waals surface area contributed by atoms with E-state index in [2.05, 4.69) is 0 Å². The van der Waals surface area contributed by atoms with Gasteiger partial charge in [-0.05, 0) is 18.8 Å². The molecule has 0 radical (unpaired) electrons. The van der Waals surface area contributed by atoms with Crippen LogP contribution in [-0.4, -0.2) is 59.5 Å². The minimum atomic E-state index is -0.795. The maximum absolute atomic E-state index is 12.1. The van der Waals surface area contributed by atoms with Crippen LogP contribution in [0.4, 0.5) is 0 Å². The second kappa shape index (κ2) is 5.04. The van der Waals surface area contributed by atoms with Gasteiger partial charge in [-0.1, -0.05) is 6.92 Å². The Labute approximate surface area is 101 Å². The Balaban J connectivity index is 1.77. The fourth-order valence-electron chi connectivity index (χ4n) is 2.40. The third kappa shape index (κ3) is 3.19. The number of hydrogen-bond acceptors (Lipinski definition) is 3. The number of hydrogen-bond donors (Lipinski definition) is 1. The highest BCUT2D eigenvalue weighted by Gasteiger charge is 2.35. The molecular weight excluding hydrogens is 220 g/mol. The highest BCUT2D eigenvalue weighted by atomic mass is 16.4. The molecule has 0 aromatic heterocycles. The van der Waals surface area contributed by atoms with Crippen molar-refractivity contribution in [2.75, 3.05) is 32.7 Å². The van der Waals surface area contributed by atoms with Crippen LogP contribution < -0.4 is 0 Å². The van der Waals surface area contributed by atoms with E-state index in [9.17, 15) is 9.59 Å². The van der Waals surface area contributed by atoms with E-state index in [1.807, 2.05) is 16.7 Å². The molecule has 96 valence electrons. The van der Waals surface area contributed by atoms with Gasteiger partial charge in [-0.15, -0.1) is 0 Å². The molecular formula is C12H20N2O3. The van der Waals surface area contributed by atoms with Crippen molar-refractivity contribution in [3.8, 4) is 0 Å². The number of carboxylic acid groups (broad SMARTS) is 1. The molecule has 5 heteroatoms. The zero-order valence-electron chi connectivity index (χ0n) is 10.3. The standard InChI is InChI=1S/C12H20N2O3/c1-9(10-2-3-10)12(17)14-6-4-13(5-7-14)8-11(15)16/h9-10H,2-8H2,1H3,(H,15,16). The van der Waals surface area contributed by atoms with Crippen molar-refractivity contribution >= 4 is 11.9 Å². The molecule has 1 heterocycles. The Bertz CT molecular complexity index is 307. The number of carboxylic acids is 1. The zero-order valence-corrected chi connectivity index (χ0v) is 10.3. The monoisotopic (exact) mass is 240 g/mol. The summed E-state index contributed by atoms with van der Waals surface area (Å²) >= 11 is 0. The first-order chi connectivity index (χ1) is 8.08. The lowest BCUT2D eigenvalue weighted by Gasteiger charge is -2.35. The van der Waals surface area contributed by atoms with Crippen LogP contribution in [0.3, 0.4) is 0 Å². The largest absolute Gasteiger partial charge is 0.480 e. The van der Waals surface area contributed by atoms with Gasteiger partial charge >= 0.3 is 5.97 Å². The minimum absolute atomic E-state index is 0.0835. The molecule has 1 saturated heterocycles. The normalized spacial score (nSPS) is 23.5. The molecule has 2 aliphatic rings. The molecule has 1 N–H and O–H groups in total. The van der Waals surface area contributed by atoms with Crippen LogP contribution in [0.25, 0.3) is 0 Å². The third-order valence-corrected chi connectivity index (χ3v) is 3.76. The summed E-state index contributed by atoms with van der Waals surface area (Å²) in [6.07, 6.45) is 2.37. The van der Waals surface area contributed by atoms with Crippen molar-refractivity contribution in [1.82, 2.24) is 9.80 Å². The quantitative estimate of drug-likeness (QED) is 0.766. The molecule has 0 spiro atoms. The molecule has 2 rings (SSSR count). The van der Waals surface area contributed by atoms with Gasteiger partial charge < -0.3 is 10.0 Å². The van der Waals surface area contributed by atoms with E-state index in [-0.39, 0.29) is 18.4 Å². The number of carbonyl (C=O) groups excluding carboxylic acids is 1. The average molecular weight is 240 g/mol. The first kappa shape index (κ1) is 12.4. The van der Waals surface area contributed by atoms with E-state index in [1.54, 1.807) is 0 Å². The first-order valence-electron chi connectivity index (χ1n) is 6.31. The zero-order chi connectivity index (χ0) is 12.4. The van der Waals surface area contributed by atoms with Gasteiger partial charge in [0.2, 0.25) is 5.91 Å². The Morgan fingerprint density at radius 2 is 1.82 bits per heavy atom. The van der Waals surface area contributed by atoms with Crippen molar-refractivity contribution in [2.24, 2.45) is 11.8 Å². The molecule has 17 heavy (non-hydrogen) atoms. The van der Waals surface area contributed by atoms with Gasteiger partial charge in [0.1, 0.15) is 0 Å². The molecule has 0 aromatic rings. The van der Waals surface area contributed by atoms with E-state index in [0.29, 0.717) is 32.1 Å². The van der Waals surface area contributed by atoms with Crippen LogP contribution in [0, 0.1) is 11.8 Å². The molecule has 1 atom stereocenters. The molecule has 1 aliphatic carbocycles. The van der Waals surface area contributed by atoms with Gasteiger partial charge in [-0.2, -0.15) is 0 Å². The number of aliphatic carboxylic acids is 1. The minimum Gasteiger partial charge on any atom is -0.480 e. The average Bonchev–Trinajstić information content (AvgIpc) is 3.11. The van der Waals surface area contributed by atoms with E-state index in [0.717, 1.165) is 0 Å². The maximum Gasteiger partial charge on any atom is 0.317 e. The Morgan fingerprint density at radius 1 is 1.24 bits per heavy atom. The molecule has 1 saturated carbocycles. The second-order valence-electron chi connectivity index (χ2n) is 5.12. The van der Waals surface area contributed by atoms with Crippen LogP contribution in [0.15, 0.2) is 0 Å². The van der Waals surface area contributed by atoms with Gasteiger partial charge in [0.05, 0.1) is 6.54 Å². The lowest BCUT2D eigenvalue weighted by Crippen LogP contribution is -2.51. The fourth-order valence-corrected chi connectivity index (χ4v) is 2.40. The van der Waals surface area contributed by atoms with Crippen molar-refractivity contribution in [2.45, 2.75) is 19.8 Å². The highest BCUT2D eigenvalue weighted by Crippen LogP contribution is 2.37. The SMILES string of the molecule is CC(C(=O)N1CCN(CC(=O)O)CC1)C1CC1. The summed E-state index contributed by atoms with van der Waals surface area (Å²) in [7, 11) is 0. The Hall–Kier alpha value is -1.10. The van der Waals surface area contributed by atoms with E-state index >= 15 is 0 Å². The van der Waals surface area contributed by atoms with Crippen LogP contribution >= 0.6 is 0 Å². The smallest absolute Gasteiger partial charge is 0.317 e. The third-order valence-electron chi connectivity index (χ3n) is 3.76. The summed E-state index contributed by atoms with van der Waals surface area (Å²) in [5.41, 5.74) is 0. The molecule has 1 amide bonds. The van der Waals surface area contributed by atoms with E-state index < -0.39 is 5.97 Å². The van der Waals surface area contributed by atoms with Gasteiger partial charge in [-0.3, -0.25) is 14.5 Å². The second-order valence-corrected chi connectivity index (χ2v) is 5.12. The molecule has 1 unspecified atom stereocenters. The Kier molecular flexibility index (Phi) is 3.66. The Morgan fingerprint density at radius 3 is 2.29 bits per heavy atom. The van der Waals surface area contributed by atoms with Gasteiger partial charge in [0.25, 0.3) is 0 Å². The molecule has 5 nitrogen and oxygen atoms in total. The van der Waals surface area contributed by atoms with E-state index in [1.165, 1.54) is 12.8 Å². The predicted octanol–water partition coefficient (Wildman–Crippen LogP) is 0.261. The summed E-state index contributed by atoms with van der Waals surface area (Å²) in [6.45, 7) is 4.79. The summed E-state index contributed by atoms with van der Waals surface area (Å²) in [5.74, 6) is 0.208. The maximum atomic E-state index is 12.1. The first-order valence-corrected chi connectivity index (χ1v) is 6.31. The predicted molar refractivity (Wildman–Crippen MR) is 62.5 cm³/mol. The topological polar surface area (TPSA) is 60.9 Å². The van der Waals surface area contributed by atoms with Crippen molar-refractivity contribution in [3.63, 3.8) is 0 Å². The summed E-state index contributed by atoms with van der Waals surface area (Å²) < 4.78 is 0. The summed E-state index contributed by atoms with van der Waals surface area (Å²) in [5, 5.41) is 8.69. The molecule has 0 bridgehead atoms. The van der Waals surface area contributed by atoms with Crippen LogP contribution in [-0.2, 0) is 9.59 Å². The number of rotatable bonds is 4.